The van der Waals surface area contributed by atoms with E-state index in [1.54, 1.807) is 0 Å². The van der Waals surface area contributed by atoms with E-state index >= 15 is 0 Å². The molecule has 6 nitrogen and oxygen atoms in total. The number of nitrogens with zero attached hydrogens (tertiary/aromatic N) is 6. The first-order valence-electron chi connectivity index (χ1n) is 10.4. The Kier molecular flexibility index (Phi) is 6.06. The molecule has 0 bridgehead atoms. The van der Waals surface area contributed by atoms with Crippen LogP contribution in [0.1, 0.15) is 35.7 Å². The summed E-state index contributed by atoms with van der Waals surface area (Å²) in [4.78, 5) is 14.0. The van der Waals surface area contributed by atoms with Crippen LogP contribution >= 0.6 is 11.6 Å². The molecule has 0 radical (unpaired) electrons. The Balaban J connectivity index is 1.56. The van der Waals surface area contributed by atoms with Gasteiger partial charge in [0, 0.05) is 61.6 Å². The van der Waals surface area contributed by atoms with E-state index in [1.165, 1.54) is 11.3 Å². The van der Waals surface area contributed by atoms with E-state index in [0.29, 0.717) is 5.92 Å². The standard InChI is InChI=1S/C23H29ClN6/c1-16-19(13-26-29(16)4)15-30-10-8-17(9-11-30)22-21(14-25-23(27-22)28(2)3)18-6-5-7-20(24)12-18/h5-7,12-14,17H,8-11,15H2,1-4H3. The maximum Gasteiger partial charge on any atom is 0.225 e. The molecular weight excluding hydrogens is 396 g/mol. The van der Waals surface area contributed by atoms with Gasteiger partial charge in [-0.3, -0.25) is 9.58 Å². The van der Waals surface area contributed by atoms with Gasteiger partial charge < -0.3 is 4.90 Å². The quantitative estimate of drug-likeness (QED) is 0.611. The van der Waals surface area contributed by atoms with E-state index in [1.807, 2.05) is 61.3 Å². The molecule has 0 aliphatic carbocycles. The second-order valence-electron chi connectivity index (χ2n) is 8.30. The summed E-state index contributed by atoms with van der Waals surface area (Å²) >= 11 is 6.26. The molecule has 3 heterocycles. The van der Waals surface area contributed by atoms with Crippen molar-refractivity contribution in [3.05, 3.63) is 58.6 Å². The normalized spacial score (nSPS) is 15.5. The average molecular weight is 425 g/mol. The molecule has 1 aliphatic rings. The highest BCUT2D eigenvalue weighted by molar-refractivity contribution is 6.30. The third-order valence-electron chi connectivity index (χ3n) is 6.05. The van der Waals surface area contributed by atoms with Gasteiger partial charge in [0.25, 0.3) is 0 Å². The number of anilines is 1. The lowest BCUT2D eigenvalue weighted by molar-refractivity contribution is 0.203. The highest BCUT2D eigenvalue weighted by Crippen LogP contribution is 2.35. The third-order valence-corrected chi connectivity index (χ3v) is 6.28. The predicted molar refractivity (Wildman–Crippen MR) is 122 cm³/mol. The first-order valence-corrected chi connectivity index (χ1v) is 10.8. The smallest absolute Gasteiger partial charge is 0.225 e. The molecule has 0 atom stereocenters. The molecule has 1 saturated heterocycles. The van der Waals surface area contributed by atoms with Crippen LogP contribution in [0.25, 0.3) is 11.1 Å². The summed E-state index contributed by atoms with van der Waals surface area (Å²) in [5.74, 6) is 1.16. The van der Waals surface area contributed by atoms with Gasteiger partial charge in [-0.25, -0.2) is 9.97 Å². The lowest BCUT2D eigenvalue weighted by Crippen LogP contribution is -2.33. The van der Waals surface area contributed by atoms with Crippen LogP contribution in [0.5, 0.6) is 0 Å². The molecule has 1 fully saturated rings. The minimum absolute atomic E-state index is 0.409. The Labute approximate surface area is 183 Å². The van der Waals surface area contributed by atoms with Crippen molar-refractivity contribution >= 4 is 17.5 Å². The van der Waals surface area contributed by atoms with E-state index < -0.39 is 0 Å². The molecular formula is C23H29ClN6. The minimum atomic E-state index is 0.409. The SMILES string of the molecule is Cc1c(CN2CCC(c3nc(N(C)C)ncc3-c3cccc(Cl)c3)CC2)cnn1C. The first kappa shape index (κ1) is 20.8. The molecule has 3 aromatic rings. The van der Waals surface area contributed by atoms with Gasteiger partial charge in [-0.2, -0.15) is 5.10 Å². The Bertz CT molecular complexity index is 1020. The fourth-order valence-electron chi connectivity index (χ4n) is 4.10. The van der Waals surface area contributed by atoms with Crippen molar-refractivity contribution in [1.82, 2.24) is 24.6 Å². The van der Waals surface area contributed by atoms with E-state index in [4.69, 9.17) is 16.6 Å². The molecule has 4 rings (SSSR count). The highest BCUT2D eigenvalue weighted by Gasteiger charge is 2.26. The van der Waals surface area contributed by atoms with Crippen molar-refractivity contribution in [2.75, 3.05) is 32.1 Å². The Morgan fingerprint density at radius 2 is 1.93 bits per heavy atom. The number of hydrogen-bond acceptors (Lipinski definition) is 5. The minimum Gasteiger partial charge on any atom is -0.347 e. The Hall–Kier alpha value is -2.44. The van der Waals surface area contributed by atoms with Crippen LogP contribution < -0.4 is 4.90 Å². The molecule has 158 valence electrons. The number of halogens is 1. The largest absolute Gasteiger partial charge is 0.347 e. The van der Waals surface area contributed by atoms with Crippen LogP contribution in [0.3, 0.4) is 0 Å². The number of rotatable bonds is 5. The first-order chi connectivity index (χ1) is 14.4. The zero-order chi connectivity index (χ0) is 21.3. The molecule has 1 aliphatic heterocycles. The van der Waals surface area contributed by atoms with Crippen LogP contribution in [0.15, 0.2) is 36.7 Å². The maximum atomic E-state index is 6.26. The number of aryl methyl sites for hydroxylation is 1. The van der Waals surface area contributed by atoms with Crippen LogP contribution in [-0.4, -0.2) is 51.8 Å². The summed E-state index contributed by atoms with van der Waals surface area (Å²) in [6, 6.07) is 7.97. The maximum absolute atomic E-state index is 6.26. The van der Waals surface area contributed by atoms with Crippen molar-refractivity contribution in [3.8, 4) is 11.1 Å². The van der Waals surface area contributed by atoms with Crippen LogP contribution in [-0.2, 0) is 13.6 Å². The zero-order valence-electron chi connectivity index (χ0n) is 18.1. The van der Waals surface area contributed by atoms with E-state index in [2.05, 4.69) is 28.0 Å². The number of likely N-dealkylation sites (tertiary alicyclic amines) is 1. The summed E-state index contributed by atoms with van der Waals surface area (Å²) in [6.07, 6.45) is 6.11. The lowest BCUT2D eigenvalue weighted by Gasteiger charge is -2.32. The van der Waals surface area contributed by atoms with Crippen molar-refractivity contribution < 1.29 is 0 Å². The number of hydrogen-bond donors (Lipinski definition) is 0. The fraction of sp³-hybridized carbons (Fsp3) is 0.435. The predicted octanol–water partition coefficient (Wildman–Crippen LogP) is 4.28. The highest BCUT2D eigenvalue weighted by atomic mass is 35.5. The van der Waals surface area contributed by atoms with Gasteiger partial charge in [0.2, 0.25) is 5.95 Å². The molecule has 1 aromatic carbocycles. The van der Waals surface area contributed by atoms with Crippen LogP contribution in [0, 0.1) is 6.92 Å². The molecule has 0 unspecified atom stereocenters. The van der Waals surface area contributed by atoms with Gasteiger partial charge in [0.05, 0.1) is 11.9 Å². The van der Waals surface area contributed by atoms with Crippen molar-refractivity contribution in [1.29, 1.82) is 0 Å². The van der Waals surface area contributed by atoms with Gasteiger partial charge in [-0.05, 0) is 50.6 Å². The number of piperidine rings is 1. The van der Waals surface area contributed by atoms with Gasteiger partial charge in [-0.15, -0.1) is 0 Å². The van der Waals surface area contributed by atoms with Crippen LogP contribution in [0.4, 0.5) is 5.95 Å². The van der Waals surface area contributed by atoms with Crippen molar-refractivity contribution in [2.24, 2.45) is 7.05 Å². The Morgan fingerprint density at radius 3 is 2.57 bits per heavy atom. The molecule has 30 heavy (non-hydrogen) atoms. The van der Waals surface area contributed by atoms with Crippen LogP contribution in [0.2, 0.25) is 5.02 Å². The van der Waals surface area contributed by atoms with Gasteiger partial charge in [0.15, 0.2) is 0 Å². The fourth-order valence-corrected chi connectivity index (χ4v) is 4.29. The van der Waals surface area contributed by atoms with Gasteiger partial charge in [0.1, 0.15) is 0 Å². The summed E-state index contributed by atoms with van der Waals surface area (Å²) < 4.78 is 1.95. The van der Waals surface area contributed by atoms with E-state index in [-0.39, 0.29) is 0 Å². The van der Waals surface area contributed by atoms with Gasteiger partial charge in [-0.1, -0.05) is 23.7 Å². The zero-order valence-corrected chi connectivity index (χ0v) is 18.9. The summed E-state index contributed by atoms with van der Waals surface area (Å²) in [7, 11) is 5.97. The number of benzene rings is 1. The van der Waals surface area contributed by atoms with E-state index in [0.717, 1.165) is 60.3 Å². The lowest BCUT2D eigenvalue weighted by atomic mass is 9.88. The van der Waals surface area contributed by atoms with Crippen molar-refractivity contribution in [3.63, 3.8) is 0 Å². The Morgan fingerprint density at radius 1 is 1.17 bits per heavy atom. The van der Waals surface area contributed by atoms with E-state index in [9.17, 15) is 0 Å². The average Bonchev–Trinajstić information content (AvgIpc) is 3.06. The molecule has 2 aromatic heterocycles. The molecule has 0 spiro atoms. The third kappa shape index (κ3) is 4.35. The summed E-state index contributed by atoms with van der Waals surface area (Å²) in [5, 5.41) is 5.11. The topological polar surface area (TPSA) is 50.1 Å². The summed E-state index contributed by atoms with van der Waals surface area (Å²) in [5.41, 5.74) is 5.85. The molecule has 7 heteroatoms. The summed E-state index contributed by atoms with van der Waals surface area (Å²) in [6.45, 7) is 5.20. The monoisotopic (exact) mass is 424 g/mol. The molecule has 0 saturated carbocycles. The second kappa shape index (κ2) is 8.74. The molecule has 0 amide bonds. The second-order valence-corrected chi connectivity index (χ2v) is 8.74. The molecule has 0 N–H and O–H groups in total. The number of aromatic nitrogens is 4. The van der Waals surface area contributed by atoms with Gasteiger partial charge >= 0.3 is 0 Å². The van der Waals surface area contributed by atoms with Crippen molar-refractivity contribution in [2.45, 2.75) is 32.2 Å².